The Hall–Kier alpha value is -1.57. The minimum atomic E-state index is -4.51. The van der Waals surface area contributed by atoms with Crippen LogP contribution in [-0.4, -0.2) is 9.97 Å². The van der Waals surface area contributed by atoms with Crippen LogP contribution in [-0.2, 0) is 6.18 Å². The van der Waals surface area contributed by atoms with E-state index in [1.807, 2.05) is 0 Å². The molecule has 1 heterocycles. The second kappa shape index (κ2) is 2.81. The summed E-state index contributed by atoms with van der Waals surface area (Å²) in [5, 5.41) is 0. The van der Waals surface area contributed by atoms with Crippen LogP contribution in [0.1, 0.15) is 11.4 Å². The predicted molar refractivity (Wildman–Crippen MR) is 35.0 cm³/mol. The summed E-state index contributed by atoms with van der Waals surface area (Å²) in [6, 6.07) is 0. The van der Waals surface area contributed by atoms with E-state index in [1.54, 1.807) is 0 Å². The fraction of sp³-hybridized carbons (Fsp3) is 0.143. The molecule has 0 radical (unpaired) electrons. The van der Waals surface area contributed by atoms with Gasteiger partial charge >= 0.3 is 6.18 Å². The zero-order chi connectivity index (χ0) is 9.19. The first kappa shape index (κ1) is 8.53. The molecule has 2 nitrogen and oxygen atoms in total. The Bertz CT molecular complexity index is 307. The topological polar surface area (TPSA) is 25.8 Å². The molecule has 1 aromatic rings. The van der Waals surface area contributed by atoms with Crippen LogP contribution in [0, 0.1) is 12.3 Å². The minimum Gasteiger partial charge on any atom is -0.232 e. The van der Waals surface area contributed by atoms with Crippen LogP contribution in [0.4, 0.5) is 13.2 Å². The highest BCUT2D eigenvalue weighted by Gasteiger charge is 2.34. The molecule has 12 heavy (non-hydrogen) atoms. The maximum Gasteiger partial charge on any atom is 0.451 e. The molecule has 0 aliphatic carbocycles. The lowest BCUT2D eigenvalue weighted by Crippen LogP contribution is -2.10. The highest BCUT2D eigenvalue weighted by molar-refractivity contribution is 5.26. The lowest BCUT2D eigenvalue weighted by atomic mass is 10.3. The van der Waals surface area contributed by atoms with Crippen molar-refractivity contribution in [1.29, 1.82) is 0 Å². The largest absolute Gasteiger partial charge is 0.451 e. The van der Waals surface area contributed by atoms with Crippen molar-refractivity contribution < 1.29 is 13.2 Å². The lowest BCUT2D eigenvalue weighted by molar-refractivity contribution is -0.145. The molecule has 0 atom stereocenters. The van der Waals surface area contributed by atoms with Gasteiger partial charge in [-0.05, 0) is 0 Å². The lowest BCUT2D eigenvalue weighted by Gasteiger charge is -2.02. The van der Waals surface area contributed by atoms with Gasteiger partial charge in [-0.2, -0.15) is 13.2 Å². The van der Waals surface area contributed by atoms with Gasteiger partial charge in [0.1, 0.15) is 0 Å². The predicted octanol–water partition coefficient (Wildman–Crippen LogP) is 1.48. The normalized spacial score (nSPS) is 10.8. The van der Waals surface area contributed by atoms with E-state index in [4.69, 9.17) is 6.42 Å². The van der Waals surface area contributed by atoms with Gasteiger partial charge in [0.15, 0.2) is 0 Å². The van der Waals surface area contributed by atoms with E-state index < -0.39 is 12.0 Å². The fourth-order valence-corrected chi connectivity index (χ4v) is 0.549. The molecule has 0 saturated carbocycles. The van der Waals surface area contributed by atoms with Crippen molar-refractivity contribution in [3.8, 4) is 12.3 Å². The first-order valence-electron chi connectivity index (χ1n) is 2.90. The van der Waals surface area contributed by atoms with E-state index in [1.165, 1.54) is 0 Å². The molecule has 62 valence electrons. The summed E-state index contributed by atoms with van der Waals surface area (Å²) in [5.74, 6) is 0.934. The maximum atomic E-state index is 11.8. The quantitative estimate of drug-likeness (QED) is 0.554. The Morgan fingerprint density at radius 2 is 1.75 bits per heavy atom. The van der Waals surface area contributed by atoms with Crippen molar-refractivity contribution in [3.63, 3.8) is 0 Å². The van der Waals surface area contributed by atoms with Gasteiger partial charge in [0.05, 0.1) is 5.56 Å². The van der Waals surface area contributed by atoms with Crippen molar-refractivity contribution in [2.24, 2.45) is 0 Å². The zero-order valence-corrected chi connectivity index (χ0v) is 5.76. The number of rotatable bonds is 0. The Labute approximate surface area is 66.5 Å². The molecule has 0 aliphatic heterocycles. The van der Waals surface area contributed by atoms with Crippen LogP contribution < -0.4 is 0 Å². The minimum absolute atomic E-state index is 0.225. The molecule has 0 amide bonds. The first-order chi connectivity index (χ1) is 5.54. The van der Waals surface area contributed by atoms with Crippen molar-refractivity contribution in [3.05, 3.63) is 23.8 Å². The molecular formula is C7H3F3N2. The summed E-state index contributed by atoms with van der Waals surface area (Å²) < 4.78 is 35.5. The number of hydrogen-bond donors (Lipinski definition) is 0. The number of aromatic nitrogens is 2. The standard InChI is InChI=1S/C7H3F3N2/c1-2-5-3-11-6(12-4-5)7(8,9)10/h1,3-4H. The average molecular weight is 172 g/mol. The fourth-order valence-electron chi connectivity index (χ4n) is 0.549. The molecular weight excluding hydrogens is 169 g/mol. The molecule has 0 unspecified atom stereocenters. The van der Waals surface area contributed by atoms with Gasteiger partial charge in [-0.3, -0.25) is 0 Å². The molecule has 0 N–H and O–H groups in total. The van der Waals surface area contributed by atoms with Gasteiger partial charge in [-0.15, -0.1) is 6.42 Å². The van der Waals surface area contributed by atoms with Crippen molar-refractivity contribution in [1.82, 2.24) is 9.97 Å². The van der Waals surface area contributed by atoms with E-state index in [-0.39, 0.29) is 5.56 Å². The smallest absolute Gasteiger partial charge is 0.232 e. The van der Waals surface area contributed by atoms with Crippen LogP contribution in [0.15, 0.2) is 12.4 Å². The Kier molecular flexibility index (Phi) is 2.00. The molecule has 1 rings (SSSR count). The summed E-state index contributed by atoms with van der Waals surface area (Å²) in [5.41, 5.74) is 0.225. The van der Waals surface area contributed by atoms with Gasteiger partial charge in [0, 0.05) is 12.4 Å². The van der Waals surface area contributed by atoms with E-state index in [0.717, 1.165) is 12.4 Å². The van der Waals surface area contributed by atoms with Crippen LogP contribution in [0.3, 0.4) is 0 Å². The second-order valence-electron chi connectivity index (χ2n) is 1.94. The summed E-state index contributed by atoms with van der Waals surface area (Å²) in [7, 11) is 0. The number of halogens is 3. The summed E-state index contributed by atoms with van der Waals surface area (Å²) in [4.78, 5) is 6.08. The Morgan fingerprint density at radius 1 is 1.25 bits per heavy atom. The van der Waals surface area contributed by atoms with Crippen LogP contribution in [0.25, 0.3) is 0 Å². The first-order valence-corrected chi connectivity index (χ1v) is 2.90. The van der Waals surface area contributed by atoms with Crippen LogP contribution >= 0.6 is 0 Å². The Balaban J connectivity index is 3.02. The molecule has 0 fully saturated rings. The highest BCUT2D eigenvalue weighted by Crippen LogP contribution is 2.25. The van der Waals surface area contributed by atoms with Crippen molar-refractivity contribution in [2.75, 3.05) is 0 Å². The SMILES string of the molecule is C#Cc1cnc(C(F)(F)F)nc1. The number of terminal acetylenes is 1. The molecule has 0 saturated heterocycles. The van der Waals surface area contributed by atoms with Gasteiger partial charge in [-0.25, -0.2) is 9.97 Å². The third kappa shape index (κ3) is 1.72. The van der Waals surface area contributed by atoms with E-state index in [9.17, 15) is 13.2 Å². The molecule has 0 bridgehead atoms. The van der Waals surface area contributed by atoms with Gasteiger partial charge in [0.2, 0.25) is 5.82 Å². The number of hydrogen-bond acceptors (Lipinski definition) is 2. The number of nitrogens with zero attached hydrogens (tertiary/aromatic N) is 2. The van der Waals surface area contributed by atoms with Crippen LogP contribution in [0.2, 0.25) is 0 Å². The van der Waals surface area contributed by atoms with Crippen LogP contribution in [0.5, 0.6) is 0 Å². The average Bonchev–Trinajstić information content (AvgIpc) is 2.03. The Morgan fingerprint density at radius 3 is 2.08 bits per heavy atom. The summed E-state index contributed by atoms with van der Waals surface area (Å²) in [6.07, 6.45) is 2.30. The second-order valence-corrected chi connectivity index (χ2v) is 1.94. The van der Waals surface area contributed by atoms with Crippen molar-refractivity contribution >= 4 is 0 Å². The van der Waals surface area contributed by atoms with E-state index in [0.29, 0.717) is 0 Å². The molecule has 5 heteroatoms. The summed E-state index contributed by atoms with van der Waals surface area (Å²) in [6.45, 7) is 0. The highest BCUT2D eigenvalue weighted by atomic mass is 19.4. The van der Waals surface area contributed by atoms with E-state index >= 15 is 0 Å². The third-order valence-corrected chi connectivity index (χ3v) is 1.07. The number of alkyl halides is 3. The van der Waals surface area contributed by atoms with Gasteiger partial charge < -0.3 is 0 Å². The van der Waals surface area contributed by atoms with Crippen molar-refractivity contribution in [2.45, 2.75) is 6.18 Å². The zero-order valence-electron chi connectivity index (χ0n) is 5.76. The molecule has 0 spiro atoms. The molecule has 1 aromatic heterocycles. The monoisotopic (exact) mass is 172 g/mol. The van der Waals surface area contributed by atoms with Gasteiger partial charge in [0.25, 0.3) is 0 Å². The maximum absolute atomic E-state index is 11.8. The molecule has 0 aliphatic rings. The van der Waals surface area contributed by atoms with Gasteiger partial charge in [-0.1, -0.05) is 5.92 Å². The third-order valence-electron chi connectivity index (χ3n) is 1.07. The molecule has 0 aromatic carbocycles. The summed E-state index contributed by atoms with van der Waals surface area (Å²) >= 11 is 0. The van der Waals surface area contributed by atoms with E-state index in [2.05, 4.69) is 15.9 Å².